The van der Waals surface area contributed by atoms with Crippen LogP contribution < -0.4 is 10.6 Å². The molecule has 4 nitrogen and oxygen atoms in total. The zero-order valence-electron chi connectivity index (χ0n) is 13.2. The number of nitrogens with zero attached hydrogens (tertiary/aromatic N) is 1. The largest absolute Gasteiger partial charge is 0.385 e. The Kier molecular flexibility index (Phi) is 6.05. The third-order valence-electron chi connectivity index (χ3n) is 3.90. The quantitative estimate of drug-likeness (QED) is 0.846. The van der Waals surface area contributed by atoms with Gasteiger partial charge in [-0.15, -0.1) is 0 Å². The molecule has 0 aromatic heterocycles. The van der Waals surface area contributed by atoms with Crippen molar-refractivity contribution in [2.45, 2.75) is 39.2 Å². The van der Waals surface area contributed by atoms with E-state index >= 15 is 0 Å². The summed E-state index contributed by atoms with van der Waals surface area (Å²) in [5.41, 5.74) is 1.63. The second-order valence-electron chi connectivity index (χ2n) is 5.81. The van der Waals surface area contributed by atoms with Crippen molar-refractivity contribution in [3.8, 4) is 0 Å². The van der Waals surface area contributed by atoms with E-state index in [4.69, 9.17) is 0 Å². The zero-order chi connectivity index (χ0) is 15.1. The fourth-order valence-electron chi connectivity index (χ4n) is 2.90. The van der Waals surface area contributed by atoms with Crippen LogP contribution in [0, 0.1) is 0 Å². The number of nitrogens with one attached hydrogen (secondary N) is 2. The predicted octanol–water partition coefficient (Wildman–Crippen LogP) is 2.72. The number of benzene rings is 1. The molecule has 1 unspecified atom stereocenters. The van der Waals surface area contributed by atoms with E-state index in [9.17, 15) is 4.79 Å². The number of rotatable bonds is 6. The van der Waals surface area contributed by atoms with Crippen molar-refractivity contribution < 1.29 is 4.79 Å². The van der Waals surface area contributed by atoms with Gasteiger partial charge in [0.15, 0.2) is 0 Å². The molecule has 1 amide bonds. The molecule has 1 heterocycles. The van der Waals surface area contributed by atoms with E-state index in [1.807, 2.05) is 31.2 Å². The molecule has 2 rings (SSSR count). The van der Waals surface area contributed by atoms with E-state index in [0.29, 0.717) is 0 Å². The van der Waals surface area contributed by atoms with E-state index in [1.165, 1.54) is 19.3 Å². The Balaban J connectivity index is 1.91. The Labute approximate surface area is 127 Å². The van der Waals surface area contributed by atoms with Crippen molar-refractivity contribution in [1.82, 2.24) is 10.2 Å². The summed E-state index contributed by atoms with van der Waals surface area (Å²) in [7, 11) is 0. The summed E-state index contributed by atoms with van der Waals surface area (Å²) in [5, 5.41) is 6.36. The molecular weight excluding hydrogens is 262 g/mol. The lowest BCUT2D eigenvalue weighted by Gasteiger charge is -2.29. The van der Waals surface area contributed by atoms with Gasteiger partial charge < -0.3 is 15.5 Å². The smallest absolute Gasteiger partial charge is 0.253 e. The third kappa shape index (κ3) is 4.74. The molecule has 4 heteroatoms. The Morgan fingerprint density at radius 1 is 1.24 bits per heavy atom. The summed E-state index contributed by atoms with van der Waals surface area (Å²) in [6.07, 6.45) is 3.90. The lowest BCUT2D eigenvalue weighted by atomic mass is 10.1. The first-order valence-corrected chi connectivity index (χ1v) is 8.07. The molecule has 1 aromatic rings. The summed E-state index contributed by atoms with van der Waals surface area (Å²) < 4.78 is 0. The van der Waals surface area contributed by atoms with Crippen LogP contribution in [0.3, 0.4) is 0 Å². The standard InChI is InChI=1S/C17H27N3O/c1-3-18-16-10-6-5-9-15(16)17(21)19-14(2)13-20-11-7-4-8-12-20/h5-6,9-10,14,18H,3-4,7-8,11-13H2,1-2H3,(H,19,21). The van der Waals surface area contributed by atoms with E-state index < -0.39 is 0 Å². The highest BCUT2D eigenvalue weighted by Gasteiger charge is 2.17. The van der Waals surface area contributed by atoms with Crippen LogP contribution in [0.15, 0.2) is 24.3 Å². The van der Waals surface area contributed by atoms with Crippen molar-refractivity contribution in [3.63, 3.8) is 0 Å². The highest BCUT2D eigenvalue weighted by Crippen LogP contribution is 2.15. The first-order valence-electron chi connectivity index (χ1n) is 8.07. The summed E-state index contributed by atoms with van der Waals surface area (Å²) in [5.74, 6) is 0.0102. The number of amides is 1. The molecule has 0 bridgehead atoms. The minimum atomic E-state index is 0.0102. The van der Waals surface area contributed by atoms with Crippen LogP contribution in [-0.4, -0.2) is 43.0 Å². The molecule has 1 aliphatic rings. The highest BCUT2D eigenvalue weighted by molar-refractivity contribution is 5.99. The fraction of sp³-hybridized carbons (Fsp3) is 0.588. The topological polar surface area (TPSA) is 44.4 Å². The van der Waals surface area contributed by atoms with Gasteiger partial charge in [0.1, 0.15) is 0 Å². The van der Waals surface area contributed by atoms with Gasteiger partial charge in [-0.3, -0.25) is 4.79 Å². The Morgan fingerprint density at radius 2 is 1.95 bits per heavy atom. The maximum atomic E-state index is 12.4. The van der Waals surface area contributed by atoms with E-state index in [1.54, 1.807) is 0 Å². The van der Waals surface area contributed by atoms with Gasteiger partial charge in [0, 0.05) is 24.8 Å². The molecule has 2 N–H and O–H groups in total. The van der Waals surface area contributed by atoms with Crippen molar-refractivity contribution in [2.24, 2.45) is 0 Å². The number of hydrogen-bond donors (Lipinski definition) is 2. The van der Waals surface area contributed by atoms with Crippen LogP contribution in [0.2, 0.25) is 0 Å². The van der Waals surface area contributed by atoms with Crippen LogP contribution in [0.4, 0.5) is 5.69 Å². The van der Waals surface area contributed by atoms with Gasteiger partial charge in [-0.1, -0.05) is 18.6 Å². The number of carbonyl (C=O) groups is 1. The van der Waals surface area contributed by atoms with Gasteiger partial charge in [-0.05, 0) is 51.9 Å². The average molecular weight is 289 g/mol. The van der Waals surface area contributed by atoms with Crippen molar-refractivity contribution in [1.29, 1.82) is 0 Å². The van der Waals surface area contributed by atoms with Crippen LogP contribution in [0.25, 0.3) is 0 Å². The van der Waals surface area contributed by atoms with Gasteiger partial charge in [0.2, 0.25) is 0 Å². The van der Waals surface area contributed by atoms with Crippen LogP contribution >= 0.6 is 0 Å². The summed E-state index contributed by atoms with van der Waals surface area (Å²) >= 11 is 0. The first-order chi connectivity index (χ1) is 10.2. The monoisotopic (exact) mass is 289 g/mol. The van der Waals surface area contributed by atoms with Crippen LogP contribution in [-0.2, 0) is 0 Å². The molecule has 1 fully saturated rings. The molecule has 0 saturated carbocycles. The van der Waals surface area contributed by atoms with Gasteiger partial charge in [-0.25, -0.2) is 0 Å². The summed E-state index contributed by atoms with van der Waals surface area (Å²) in [4.78, 5) is 14.9. The van der Waals surface area contributed by atoms with E-state index in [0.717, 1.165) is 37.4 Å². The van der Waals surface area contributed by atoms with Crippen molar-refractivity contribution >= 4 is 11.6 Å². The Morgan fingerprint density at radius 3 is 2.67 bits per heavy atom. The molecule has 1 aliphatic heterocycles. The van der Waals surface area contributed by atoms with Gasteiger partial charge in [0.05, 0.1) is 5.56 Å². The second kappa shape index (κ2) is 8.03. The number of anilines is 1. The Bertz CT molecular complexity index is 455. The molecule has 1 saturated heterocycles. The lowest BCUT2D eigenvalue weighted by molar-refractivity contribution is 0.0926. The van der Waals surface area contributed by atoms with Crippen molar-refractivity contribution in [2.75, 3.05) is 31.5 Å². The zero-order valence-corrected chi connectivity index (χ0v) is 13.2. The Hall–Kier alpha value is -1.55. The van der Waals surface area contributed by atoms with Crippen LogP contribution in [0.1, 0.15) is 43.5 Å². The molecular formula is C17H27N3O. The van der Waals surface area contributed by atoms with Gasteiger partial charge in [0.25, 0.3) is 5.91 Å². The normalized spacial score (nSPS) is 17.2. The van der Waals surface area contributed by atoms with Gasteiger partial charge in [-0.2, -0.15) is 0 Å². The molecule has 1 aromatic carbocycles. The number of para-hydroxylation sites is 1. The molecule has 0 radical (unpaired) electrons. The SMILES string of the molecule is CCNc1ccccc1C(=O)NC(C)CN1CCCCC1. The molecule has 0 aliphatic carbocycles. The maximum absolute atomic E-state index is 12.4. The van der Waals surface area contributed by atoms with Crippen LogP contribution in [0.5, 0.6) is 0 Å². The average Bonchev–Trinajstić information content (AvgIpc) is 2.49. The summed E-state index contributed by atoms with van der Waals surface area (Å²) in [6.45, 7) is 8.20. The lowest BCUT2D eigenvalue weighted by Crippen LogP contribution is -2.43. The van der Waals surface area contributed by atoms with E-state index in [2.05, 4.69) is 22.5 Å². The number of carbonyl (C=O) groups excluding carboxylic acids is 1. The third-order valence-corrected chi connectivity index (χ3v) is 3.90. The predicted molar refractivity (Wildman–Crippen MR) is 87.8 cm³/mol. The number of hydrogen-bond acceptors (Lipinski definition) is 3. The number of likely N-dealkylation sites (tertiary alicyclic amines) is 1. The number of piperidine rings is 1. The minimum absolute atomic E-state index is 0.0102. The summed E-state index contributed by atoms with van der Waals surface area (Å²) in [6, 6.07) is 7.86. The molecule has 0 spiro atoms. The van der Waals surface area contributed by atoms with Crippen molar-refractivity contribution in [3.05, 3.63) is 29.8 Å². The minimum Gasteiger partial charge on any atom is -0.385 e. The van der Waals surface area contributed by atoms with E-state index in [-0.39, 0.29) is 11.9 Å². The molecule has 116 valence electrons. The molecule has 1 atom stereocenters. The fourth-order valence-corrected chi connectivity index (χ4v) is 2.90. The second-order valence-corrected chi connectivity index (χ2v) is 5.81. The first kappa shape index (κ1) is 15.8. The molecule has 21 heavy (non-hydrogen) atoms. The van der Waals surface area contributed by atoms with Gasteiger partial charge >= 0.3 is 0 Å². The highest BCUT2D eigenvalue weighted by atomic mass is 16.1. The maximum Gasteiger partial charge on any atom is 0.253 e.